The summed E-state index contributed by atoms with van der Waals surface area (Å²) in [6.07, 6.45) is 3.19. The van der Waals surface area contributed by atoms with Crippen molar-refractivity contribution >= 4 is 12.0 Å². The van der Waals surface area contributed by atoms with Gasteiger partial charge in [0.2, 0.25) is 5.76 Å². The molecular formula is C24H28N6O4. The van der Waals surface area contributed by atoms with Gasteiger partial charge in [0.05, 0.1) is 11.7 Å². The van der Waals surface area contributed by atoms with E-state index in [-0.39, 0.29) is 35.8 Å². The first-order valence-electron chi connectivity index (χ1n) is 11.5. The third-order valence-electron chi connectivity index (χ3n) is 6.11. The number of benzene rings is 1. The van der Waals surface area contributed by atoms with Crippen LogP contribution in [0.2, 0.25) is 0 Å². The van der Waals surface area contributed by atoms with Crippen molar-refractivity contribution in [2.75, 3.05) is 13.1 Å². The van der Waals surface area contributed by atoms with Crippen LogP contribution in [0.1, 0.15) is 61.8 Å². The van der Waals surface area contributed by atoms with Crippen LogP contribution < -0.4 is 5.32 Å². The topological polar surface area (TPSA) is 115 Å². The standard InChI is InChI=1S/C24H28N6O4/c1-24(2,3)33-23(32)29-12-16(13-29)20-14-30(28-26-20)18-9-17(10-18)25-22(31)21-11-19(27-34-21)15-7-5-4-6-8-15/h4-8,11,14,16-18H,9-10,12-13H2,1-3H3,(H,25,31). The first-order chi connectivity index (χ1) is 16.2. The van der Waals surface area contributed by atoms with Crippen LogP contribution in [0, 0.1) is 0 Å². The van der Waals surface area contributed by atoms with E-state index in [1.165, 1.54) is 0 Å². The van der Waals surface area contributed by atoms with Gasteiger partial charge in [-0.15, -0.1) is 5.10 Å². The summed E-state index contributed by atoms with van der Waals surface area (Å²) in [6, 6.07) is 11.5. The molecule has 0 bridgehead atoms. The van der Waals surface area contributed by atoms with Gasteiger partial charge in [0, 0.05) is 42.9 Å². The van der Waals surface area contributed by atoms with Gasteiger partial charge in [0.15, 0.2) is 0 Å². The molecule has 3 aromatic rings. The van der Waals surface area contributed by atoms with Gasteiger partial charge < -0.3 is 19.5 Å². The van der Waals surface area contributed by atoms with Crippen molar-refractivity contribution in [3.8, 4) is 11.3 Å². The molecule has 2 fully saturated rings. The van der Waals surface area contributed by atoms with Gasteiger partial charge in [-0.3, -0.25) is 4.79 Å². The molecule has 1 N–H and O–H groups in total. The molecule has 1 aromatic carbocycles. The van der Waals surface area contributed by atoms with Crippen molar-refractivity contribution in [1.29, 1.82) is 0 Å². The molecule has 3 heterocycles. The number of aromatic nitrogens is 4. The maximum absolute atomic E-state index is 12.5. The second-order valence-electron chi connectivity index (χ2n) is 9.94. The summed E-state index contributed by atoms with van der Waals surface area (Å²) >= 11 is 0. The van der Waals surface area contributed by atoms with Crippen LogP contribution in [-0.4, -0.2) is 61.8 Å². The minimum atomic E-state index is -0.501. The van der Waals surface area contributed by atoms with Crippen molar-refractivity contribution < 1.29 is 18.8 Å². The highest BCUT2D eigenvalue weighted by molar-refractivity contribution is 5.92. The van der Waals surface area contributed by atoms with Crippen LogP contribution in [-0.2, 0) is 4.74 Å². The number of hydrogen-bond donors (Lipinski definition) is 1. The van der Waals surface area contributed by atoms with Crippen LogP contribution >= 0.6 is 0 Å². The number of likely N-dealkylation sites (tertiary alicyclic amines) is 1. The number of nitrogens with one attached hydrogen (secondary N) is 1. The highest BCUT2D eigenvalue weighted by atomic mass is 16.6. The molecule has 2 aliphatic rings. The number of ether oxygens (including phenoxy) is 1. The van der Waals surface area contributed by atoms with Crippen molar-refractivity contribution in [2.45, 2.75) is 57.2 Å². The number of carbonyl (C=O) groups excluding carboxylic acids is 2. The van der Waals surface area contributed by atoms with E-state index in [0.29, 0.717) is 18.8 Å². The highest BCUT2D eigenvalue weighted by Gasteiger charge is 2.38. The maximum Gasteiger partial charge on any atom is 0.410 e. The fourth-order valence-electron chi connectivity index (χ4n) is 4.10. The van der Waals surface area contributed by atoms with Gasteiger partial charge in [-0.05, 0) is 33.6 Å². The molecule has 2 aromatic heterocycles. The van der Waals surface area contributed by atoms with Gasteiger partial charge in [0.25, 0.3) is 5.91 Å². The molecule has 10 nitrogen and oxygen atoms in total. The molecule has 34 heavy (non-hydrogen) atoms. The summed E-state index contributed by atoms with van der Waals surface area (Å²) in [7, 11) is 0. The lowest BCUT2D eigenvalue weighted by Gasteiger charge is -2.38. The van der Waals surface area contributed by atoms with Gasteiger partial charge in [-0.2, -0.15) is 0 Å². The Kier molecular flexibility index (Phi) is 5.59. The average Bonchev–Trinajstić information content (AvgIpc) is 3.39. The average molecular weight is 465 g/mol. The number of amides is 2. The van der Waals surface area contributed by atoms with E-state index in [1.807, 2.05) is 62.0 Å². The van der Waals surface area contributed by atoms with E-state index < -0.39 is 5.60 Å². The molecule has 0 unspecified atom stereocenters. The minimum Gasteiger partial charge on any atom is -0.444 e. The van der Waals surface area contributed by atoms with Crippen molar-refractivity contribution in [2.24, 2.45) is 0 Å². The summed E-state index contributed by atoms with van der Waals surface area (Å²) < 4.78 is 12.5. The van der Waals surface area contributed by atoms with Gasteiger partial charge in [-0.25, -0.2) is 9.48 Å². The Morgan fingerprint density at radius 2 is 1.88 bits per heavy atom. The molecule has 1 aliphatic carbocycles. The number of rotatable bonds is 5. The van der Waals surface area contributed by atoms with E-state index in [0.717, 1.165) is 24.1 Å². The van der Waals surface area contributed by atoms with E-state index >= 15 is 0 Å². The lowest BCUT2D eigenvalue weighted by Crippen LogP contribution is -2.50. The Bertz CT molecular complexity index is 1170. The molecule has 0 atom stereocenters. The van der Waals surface area contributed by atoms with E-state index in [2.05, 4.69) is 20.8 Å². The fraction of sp³-hybridized carbons (Fsp3) is 0.458. The van der Waals surface area contributed by atoms with E-state index in [1.54, 1.807) is 11.0 Å². The largest absolute Gasteiger partial charge is 0.444 e. The SMILES string of the molecule is CC(C)(C)OC(=O)N1CC(c2cn(C3CC(NC(=O)c4cc(-c5ccccc5)no4)C3)nn2)C1. The monoisotopic (exact) mass is 464 g/mol. The molecule has 2 amide bonds. The van der Waals surface area contributed by atoms with Crippen molar-refractivity contribution in [3.05, 3.63) is 54.0 Å². The molecule has 1 saturated carbocycles. The zero-order chi connectivity index (χ0) is 23.9. The van der Waals surface area contributed by atoms with Gasteiger partial charge in [-0.1, -0.05) is 40.7 Å². The Labute approximate surface area is 197 Å². The lowest BCUT2D eigenvalue weighted by molar-refractivity contribution is 0.00784. The molecule has 1 saturated heterocycles. The summed E-state index contributed by atoms with van der Waals surface area (Å²) in [5.41, 5.74) is 1.91. The highest BCUT2D eigenvalue weighted by Crippen LogP contribution is 2.34. The van der Waals surface area contributed by atoms with Crippen LogP contribution in [0.3, 0.4) is 0 Å². The number of nitrogens with zero attached hydrogens (tertiary/aromatic N) is 5. The first-order valence-corrected chi connectivity index (χ1v) is 11.5. The van der Waals surface area contributed by atoms with Crippen LogP contribution in [0.15, 0.2) is 47.1 Å². The number of hydrogen-bond acceptors (Lipinski definition) is 7. The number of carbonyl (C=O) groups is 2. The predicted octanol–water partition coefficient (Wildman–Crippen LogP) is 3.40. The van der Waals surface area contributed by atoms with Crippen LogP contribution in [0.5, 0.6) is 0 Å². The fourth-order valence-corrected chi connectivity index (χ4v) is 4.10. The maximum atomic E-state index is 12.5. The third-order valence-corrected chi connectivity index (χ3v) is 6.11. The minimum absolute atomic E-state index is 0.0433. The Hall–Kier alpha value is -3.69. The van der Waals surface area contributed by atoms with Crippen LogP contribution in [0.25, 0.3) is 11.3 Å². The molecule has 1 aliphatic heterocycles. The second-order valence-corrected chi connectivity index (χ2v) is 9.94. The molecule has 0 spiro atoms. The lowest BCUT2D eigenvalue weighted by atomic mass is 9.86. The summed E-state index contributed by atoms with van der Waals surface area (Å²) in [5.74, 6) is 0.0982. The van der Waals surface area contributed by atoms with Crippen LogP contribution in [0.4, 0.5) is 4.79 Å². The quantitative estimate of drug-likeness (QED) is 0.615. The summed E-state index contributed by atoms with van der Waals surface area (Å²) in [5, 5.41) is 15.6. The Balaban J connectivity index is 1.08. The molecule has 5 rings (SSSR count). The predicted molar refractivity (Wildman–Crippen MR) is 122 cm³/mol. The Morgan fingerprint density at radius 1 is 1.15 bits per heavy atom. The van der Waals surface area contributed by atoms with Gasteiger partial charge in [0.1, 0.15) is 11.3 Å². The Morgan fingerprint density at radius 3 is 2.59 bits per heavy atom. The smallest absolute Gasteiger partial charge is 0.410 e. The molecule has 0 radical (unpaired) electrons. The summed E-state index contributed by atoms with van der Waals surface area (Å²) in [6.45, 7) is 6.73. The van der Waals surface area contributed by atoms with E-state index in [9.17, 15) is 9.59 Å². The third kappa shape index (κ3) is 4.66. The van der Waals surface area contributed by atoms with Gasteiger partial charge >= 0.3 is 6.09 Å². The summed E-state index contributed by atoms with van der Waals surface area (Å²) in [4.78, 5) is 26.3. The molecular weight excluding hydrogens is 436 g/mol. The first kappa shape index (κ1) is 22.1. The zero-order valence-electron chi connectivity index (χ0n) is 19.5. The molecule has 10 heteroatoms. The molecule has 178 valence electrons. The second kappa shape index (κ2) is 8.58. The van der Waals surface area contributed by atoms with Crippen molar-refractivity contribution in [1.82, 2.24) is 30.4 Å². The van der Waals surface area contributed by atoms with Crippen molar-refractivity contribution in [3.63, 3.8) is 0 Å². The van der Waals surface area contributed by atoms with E-state index in [4.69, 9.17) is 9.26 Å². The zero-order valence-corrected chi connectivity index (χ0v) is 19.5. The normalized spacial score (nSPS) is 20.4.